The molecule has 2 rings (SSSR count). The van der Waals surface area contributed by atoms with E-state index in [0.717, 1.165) is 5.56 Å². The molecule has 0 spiro atoms. The molecule has 19 heavy (non-hydrogen) atoms. The minimum atomic E-state index is -0.568. The van der Waals surface area contributed by atoms with Crippen LogP contribution in [0.3, 0.4) is 0 Å². The lowest BCUT2D eigenvalue weighted by Crippen LogP contribution is -2.22. The number of nitrogens with one attached hydrogen (secondary N) is 1. The highest BCUT2D eigenvalue weighted by molar-refractivity contribution is 5.45. The second-order valence-electron chi connectivity index (χ2n) is 4.26. The van der Waals surface area contributed by atoms with Gasteiger partial charge >= 0.3 is 0 Å². The quantitative estimate of drug-likeness (QED) is 0.890. The van der Waals surface area contributed by atoms with Crippen molar-refractivity contribution in [1.29, 1.82) is 0 Å². The number of hydrogen-bond donors (Lipinski definition) is 2. The average Bonchev–Trinajstić information content (AvgIpc) is 2.39. The topological polar surface area (TPSA) is 50.9 Å². The first-order valence-corrected chi connectivity index (χ1v) is 5.93. The van der Waals surface area contributed by atoms with Gasteiger partial charge in [-0.2, -0.15) is 0 Å². The van der Waals surface area contributed by atoms with Crippen molar-refractivity contribution in [2.75, 3.05) is 12.8 Å². The molecular formula is C14H15F2N3. The van der Waals surface area contributed by atoms with Gasteiger partial charge in [0.15, 0.2) is 0 Å². The molecule has 0 saturated carbocycles. The summed E-state index contributed by atoms with van der Waals surface area (Å²) in [4.78, 5) is 3.98. The van der Waals surface area contributed by atoms with E-state index >= 15 is 0 Å². The SMILES string of the molecule is CNC(Cc1cnccc1N)c1c(F)cccc1F. The van der Waals surface area contributed by atoms with Crippen molar-refractivity contribution in [3.63, 3.8) is 0 Å². The van der Waals surface area contributed by atoms with Crippen LogP contribution in [0.15, 0.2) is 36.7 Å². The summed E-state index contributed by atoms with van der Waals surface area (Å²) in [6, 6.07) is 5.01. The molecule has 0 aliphatic heterocycles. The summed E-state index contributed by atoms with van der Waals surface area (Å²) in [7, 11) is 1.66. The number of hydrogen-bond acceptors (Lipinski definition) is 3. The normalized spacial score (nSPS) is 12.4. The molecule has 1 atom stereocenters. The van der Waals surface area contributed by atoms with Gasteiger partial charge in [0.05, 0.1) is 0 Å². The van der Waals surface area contributed by atoms with Crippen LogP contribution in [0.2, 0.25) is 0 Å². The van der Waals surface area contributed by atoms with E-state index in [1.54, 1.807) is 25.5 Å². The van der Waals surface area contributed by atoms with Gasteiger partial charge in [0, 0.05) is 29.7 Å². The van der Waals surface area contributed by atoms with Crippen LogP contribution < -0.4 is 11.1 Å². The molecule has 0 fully saturated rings. The number of nitrogens with two attached hydrogens (primary N) is 1. The monoisotopic (exact) mass is 263 g/mol. The van der Waals surface area contributed by atoms with E-state index in [0.29, 0.717) is 12.1 Å². The summed E-state index contributed by atoms with van der Waals surface area (Å²) in [6.07, 6.45) is 3.56. The molecule has 3 N–H and O–H groups in total. The van der Waals surface area contributed by atoms with Gasteiger partial charge < -0.3 is 11.1 Å². The Morgan fingerprint density at radius 3 is 2.53 bits per heavy atom. The van der Waals surface area contributed by atoms with Crippen molar-refractivity contribution < 1.29 is 8.78 Å². The van der Waals surface area contributed by atoms with Gasteiger partial charge in [-0.15, -0.1) is 0 Å². The van der Waals surface area contributed by atoms with Crippen LogP contribution >= 0.6 is 0 Å². The van der Waals surface area contributed by atoms with E-state index < -0.39 is 17.7 Å². The fraction of sp³-hybridized carbons (Fsp3) is 0.214. The predicted molar refractivity (Wildman–Crippen MR) is 70.5 cm³/mol. The minimum Gasteiger partial charge on any atom is -0.398 e. The molecule has 3 nitrogen and oxygen atoms in total. The lowest BCUT2D eigenvalue weighted by molar-refractivity contribution is 0.489. The van der Waals surface area contributed by atoms with Crippen molar-refractivity contribution in [2.45, 2.75) is 12.5 Å². The lowest BCUT2D eigenvalue weighted by Gasteiger charge is -2.18. The number of halogens is 2. The van der Waals surface area contributed by atoms with E-state index in [9.17, 15) is 8.78 Å². The second kappa shape index (κ2) is 5.75. The molecule has 1 unspecified atom stereocenters. The molecule has 0 saturated heterocycles. The van der Waals surface area contributed by atoms with E-state index in [1.807, 2.05) is 0 Å². The van der Waals surface area contributed by atoms with E-state index in [1.165, 1.54) is 18.2 Å². The number of likely N-dealkylation sites (N-methyl/N-ethyl adjacent to an activating group) is 1. The first-order chi connectivity index (χ1) is 9.13. The molecule has 0 bridgehead atoms. The minimum absolute atomic E-state index is 0.0215. The molecule has 0 amide bonds. The lowest BCUT2D eigenvalue weighted by atomic mass is 9.98. The van der Waals surface area contributed by atoms with E-state index in [4.69, 9.17) is 5.73 Å². The Morgan fingerprint density at radius 2 is 1.95 bits per heavy atom. The highest BCUT2D eigenvalue weighted by Crippen LogP contribution is 2.25. The maximum atomic E-state index is 13.8. The molecule has 0 aliphatic rings. The van der Waals surface area contributed by atoms with Crippen molar-refractivity contribution in [1.82, 2.24) is 10.3 Å². The number of benzene rings is 1. The number of anilines is 1. The van der Waals surface area contributed by atoms with Crippen LogP contribution in [0.25, 0.3) is 0 Å². The molecule has 5 heteroatoms. The first-order valence-electron chi connectivity index (χ1n) is 5.93. The molecule has 0 aliphatic carbocycles. The fourth-order valence-corrected chi connectivity index (χ4v) is 2.02. The third kappa shape index (κ3) is 2.88. The molecular weight excluding hydrogens is 248 g/mol. The van der Waals surface area contributed by atoms with Gasteiger partial charge in [-0.25, -0.2) is 8.78 Å². The Kier molecular flexibility index (Phi) is 4.06. The number of nitrogens with zero attached hydrogens (tertiary/aromatic N) is 1. The first kappa shape index (κ1) is 13.4. The zero-order chi connectivity index (χ0) is 13.8. The summed E-state index contributed by atoms with van der Waals surface area (Å²) < 4.78 is 27.5. The highest BCUT2D eigenvalue weighted by atomic mass is 19.1. The third-order valence-corrected chi connectivity index (χ3v) is 3.06. The number of pyridine rings is 1. The van der Waals surface area contributed by atoms with Gasteiger partial charge in [0.2, 0.25) is 0 Å². The van der Waals surface area contributed by atoms with Crippen molar-refractivity contribution in [2.24, 2.45) is 0 Å². The van der Waals surface area contributed by atoms with Crippen molar-refractivity contribution in [3.8, 4) is 0 Å². The largest absolute Gasteiger partial charge is 0.398 e. The van der Waals surface area contributed by atoms with Gasteiger partial charge in [0.25, 0.3) is 0 Å². The maximum Gasteiger partial charge on any atom is 0.130 e. The summed E-state index contributed by atoms with van der Waals surface area (Å²) in [6.45, 7) is 0. The van der Waals surface area contributed by atoms with Gasteiger partial charge in [-0.05, 0) is 37.2 Å². The Labute approximate surface area is 110 Å². The van der Waals surface area contributed by atoms with E-state index in [2.05, 4.69) is 10.3 Å². The standard InChI is InChI=1S/C14H15F2N3/c1-18-13(7-9-8-19-6-5-12(9)17)14-10(15)3-2-4-11(14)16/h2-6,8,13,18H,7H2,1H3,(H2,17,19). The Bertz CT molecular complexity index is 552. The zero-order valence-electron chi connectivity index (χ0n) is 10.5. The summed E-state index contributed by atoms with van der Waals surface area (Å²) in [5.74, 6) is -1.14. The summed E-state index contributed by atoms with van der Waals surface area (Å²) in [5, 5.41) is 2.91. The zero-order valence-corrected chi connectivity index (χ0v) is 10.5. The molecule has 2 aromatic rings. The van der Waals surface area contributed by atoms with Gasteiger partial charge in [-0.3, -0.25) is 4.98 Å². The van der Waals surface area contributed by atoms with Crippen LogP contribution in [-0.4, -0.2) is 12.0 Å². The summed E-state index contributed by atoms with van der Waals surface area (Å²) in [5.41, 5.74) is 7.16. The smallest absolute Gasteiger partial charge is 0.130 e. The van der Waals surface area contributed by atoms with Crippen LogP contribution in [-0.2, 0) is 6.42 Å². The maximum absolute atomic E-state index is 13.8. The highest BCUT2D eigenvalue weighted by Gasteiger charge is 2.19. The van der Waals surface area contributed by atoms with Crippen LogP contribution in [0.4, 0.5) is 14.5 Å². The molecule has 0 radical (unpaired) electrons. The number of aromatic nitrogens is 1. The Hall–Kier alpha value is -2.01. The van der Waals surface area contributed by atoms with Gasteiger partial charge in [-0.1, -0.05) is 6.07 Å². The van der Waals surface area contributed by atoms with Crippen LogP contribution in [0.5, 0.6) is 0 Å². The van der Waals surface area contributed by atoms with E-state index in [-0.39, 0.29) is 5.56 Å². The average molecular weight is 263 g/mol. The van der Waals surface area contributed by atoms with Crippen LogP contribution in [0.1, 0.15) is 17.2 Å². The molecule has 1 heterocycles. The number of nitrogen functional groups attached to an aromatic ring is 1. The molecule has 1 aromatic carbocycles. The third-order valence-electron chi connectivity index (χ3n) is 3.06. The predicted octanol–water partition coefficient (Wildman–Crippen LogP) is 2.45. The number of rotatable bonds is 4. The fourth-order valence-electron chi connectivity index (χ4n) is 2.02. The molecule has 100 valence electrons. The Balaban J connectivity index is 2.34. The van der Waals surface area contributed by atoms with Crippen molar-refractivity contribution in [3.05, 3.63) is 59.4 Å². The van der Waals surface area contributed by atoms with Crippen LogP contribution in [0, 0.1) is 11.6 Å². The van der Waals surface area contributed by atoms with Crippen molar-refractivity contribution >= 4 is 5.69 Å². The summed E-state index contributed by atoms with van der Waals surface area (Å²) >= 11 is 0. The van der Waals surface area contributed by atoms with Gasteiger partial charge in [0.1, 0.15) is 11.6 Å². The second-order valence-corrected chi connectivity index (χ2v) is 4.26. The Morgan fingerprint density at radius 1 is 1.26 bits per heavy atom. The molecule has 1 aromatic heterocycles.